The summed E-state index contributed by atoms with van der Waals surface area (Å²) in [5.41, 5.74) is 4.86. The van der Waals surface area contributed by atoms with Crippen molar-refractivity contribution in [2.45, 2.75) is 0 Å². The Bertz CT molecular complexity index is 1010. The highest BCUT2D eigenvalue weighted by Crippen LogP contribution is 2.28. The monoisotopic (exact) mass is 363 g/mol. The Morgan fingerprint density at radius 1 is 1.11 bits per heavy atom. The summed E-state index contributed by atoms with van der Waals surface area (Å²) in [5, 5.41) is 15.9. The number of benzene rings is 3. The molecule has 0 aliphatic heterocycles. The summed E-state index contributed by atoms with van der Waals surface area (Å²) in [6.07, 6.45) is 1.62. The number of phenols is 1. The first-order chi connectivity index (χ1) is 13.0. The van der Waals surface area contributed by atoms with Crippen molar-refractivity contribution in [1.82, 2.24) is 5.43 Å². The number of nitrogens with one attached hydrogen (secondary N) is 1. The summed E-state index contributed by atoms with van der Waals surface area (Å²) in [6, 6.07) is 16.4. The van der Waals surface area contributed by atoms with Crippen LogP contribution >= 0.6 is 0 Å². The van der Waals surface area contributed by atoms with Gasteiger partial charge < -0.3 is 14.7 Å². The molecule has 0 aliphatic carbocycles. The lowest BCUT2D eigenvalue weighted by Crippen LogP contribution is -2.17. The molecule has 0 aromatic heterocycles. The third-order valence-electron chi connectivity index (χ3n) is 4.23. The number of phenolic OH excluding ortho intramolecular Hbond substituents is 1. The predicted octanol–water partition coefficient (Wildman–Crippen LogP) is 3.38. The number of ether oxygens (including phenoxy) is 1. The molecule has 0 saturated heterocycles. The van der Waals surface area contributed by atoms with Crippen LogP contribution in [-0.2, 0) is 0 Å². The molecule has 3 rings (SSSR count). The summed E-state index contributed by atoms with van der Waals surface area (Å²) < 4.78 is 5.02. The van der Waals surface area contributed by atoms with Crippen molar-refractivity contribution in [2.24, 2.45) is 5.10 Å². The fourth-order valence-corrected chi connectivity index (χ4v) is 2.85. The zero-order chi connectivity index (χ0) is 19.4. The van der Waals surface area contributed by atoms with E-state index in [2.05, 4.69) is 21.5 Å². The molecule has 0 radical (unpaired) electrons. The average molecular weight is 363 g/mol. The molecule has 0 saturated carbocycles. The smallest absolute Gasteiger partial charge is 0.271 e. The Hall–Kier alpha value is -3.54. The second-order valence-corrected chi connectivity index (χ2v) is 6.20. The summed E-state index contributed by atoms with van der Waals surface area (Å²) >= 11 is 0. The van der Waals surface area contributed by atoms with Gasteiger partial charge in [-0.05, 0) is 29.7 Å². The van der Waals surface area contributed by atoms with Crippen molar-refractivity contribution in [3.63, 3.8) is 0 Å². The maximum absolute atomic E-state index is 12.3. The largest absolute Gasteiger partial charge is 0.504 e. The number of nitrogens with zero attached hydrogens (tertiary/aromatic N) is 2. The molecule has 0 atom stereocenters. The highest BCUT2D eigenvalue weighted by molar-refractivity contribution is 6.05. The molecule has 0 heterocycles. The quantitative estimate of drug-likeness (QED) is 0.538. The van der Waals surface area contributed by atoms with Crippen LogP contribution in [0.15, 0.2) is 59.7 Å². The molecular weight excluding hydrogens is 342 g/mol. The van der Waals surface area contributed by atoms with Crippen LogP contribution in [-0.4, -0.2) is 38.4 Å². The maximum Gasteiger partial charge on any atom is 0.271 e. The molecule has 3 aromatic rings. The van der Waals surface area contributed by atoms with Gasteiger partial charge in [-0.2, -0.15) is 5.10 Å². The van der Waals surface area contributed by atoms with Gasteiger partial charge >= 0.3 is 0 Å². The molecule has 1 amide bonds. The molecule has 0 aliphatic rings. The lowest BCUT2D eigenvalue weighted by atomic mass is 10.0. The van der Waals surface area contributed by atoms with Gasteiger partial charge in [0, 0.05) is 36.3 Å². The van der Waals surface area contributed by atoms with E-state index >= 15 is 0 Å². The van der Waals surface area contributed by atoms with Crippen molar-refractivity contribution in [1.29, 1.82) is 0 Å². The van der Waals surface area contributed by atoms with Crippen molar-refractivity contribution in [3.05, 3.63) is 65.7 Å². The molecule has 138 valence electrons. The Labute approximate surface area is 157 Å². The first kappa shape index (κ1) is 18.3. The minimum atomic E-state index is -0.390. The molecule has 6 nitrogen and oxygen atoms in total. The zero-order valence-corrected chi connectivity index (χ0v) is 15.4. The summed E-state index contributed by atoms with van der Waals surface area (Å²) in [4.78, 5) is 14.3. The normalized spacial score (nSPS) is 10.9. The number of hydrogen-bond donors (Lipinski definition) is 2. The SMILES string of the molecule is COc1cc(C(=O)NN=Cc2ccc(N(C)C)c3ccccc23)ccc1O. The van der Waals surface area contributed by atoms with Gasteiger partial charge in [-0.25, -0.2) is 5.43 Å². The van der Waals surface area contributed by atoms with Gasteiger partial charge in [-0.15, -0.1) is 0 Å². The molecule has 3 aromatic carbocycles. The van der Waals surface area contributed by atoms with E-state index in [0.29, 0.717) is 5.56 Å². The van der Waals surface area contributed by atoms with Crippen LogP contribution in [0.25, 0.3) is 10.8 Å². The number of aromatic hydroxyl groups is 1. The van der Waals surface area contributed by atoms with Gasteiger partial charge in [0.25, 0.3) is 5.91 Å². The third kappa shape index (κ3) is 3.84. The number of methoxy groups -OCH3 is 1. The fraction of sp³-hybridized carbons (Fsp3) is 0.143. The average Bonchev–Trinajstić information content (AvgIpc) is 2.68. The molecule has 0 unspecified atom stereocenters. The van der Waals surface area contributed by atoms with E-state index in [9.17, 15) is 9.90 Å². The van der Waals surface area contributed by atoms with Gasteiger partial charge in [-0.3, -0.25) is 4.79 Å². The van der Waals surface area contributed by atoms with Crippen LogP contribution in [0.5, 0.6) is 11.5 Å². The lowest BCUT2D eigenvalue weighted by molar-refractivity contribution is 0.0954. The van der Waals surface area contributed by atoms with Gasteiger partial charge in [0.1, 0.15) is 0 Å². The van der Waals surface area contributed by atoms with Gasteiger partial charge in [0.05, 0.1) is 13.3 Å². The first-order valence-electron chi connectivity index (χ1n) is 8.40. The van der Waals surface area contributed by atoms with E-state index < -0.39 is 5.91 Å². The summed E-state index contributed by atoms with van der Waals surface area (Å²) in [5.74, 6) is -0.180. The molecule has 6 heteroatoms. The number of fused-ring (bicyclic) bond motifs is 1. The van der Waals surface area contributed by atoms with Crippen molar-refractivity contribution in [3.8, 4) is 11.5 Å². The number of rotatable bonds is 5. The molecule has 0 spiro atoms. The van der Waals surface area contributed by atoms with Gasteiger partial charge in [-0.1, -0.05) is 30.3 Å². The number of carbonyl (C=O) groups excluding carboxylic acids is 1. The van der Waals surface area contributed by atoms with Crippen LogP contribution in [0.4, 0.5) is 5.69 Å². The highest BCUT2D eigenvalue weighted by atomic mass is 16.5. The van der Waals surface area contributed by atoms with Crippen molar-refractivity contribution >= 4 is 28.6 Å². The Balaban J connectivity index is 1.83. The second-order valence-electron chi connectivity index (χ2n) is 6.20. The molecule has 2 N–H and O–H groups in total. The van der Waals surface area contributed by atoms with E-state index in [1.54, 1.807) is 6.21 Å². The first-order valence-corrected chi connectivity index (χ1v) is 8.40. The topological polar surface area (TPSA) is 74.2 Å². The highest BCUT2D eigenvalue weighted by Gasteiger charge is 2.09. The lowest BCUT2D eigenvalue weighted by Gasteiger charge is -2.16. The number of hydrazone groups is 1. The van der Waals surface area contributed by atoms with E-state index in [0.717, 1.165) is 22.0 Å². The predicted molar refractivity (Wildman–Crippen MR) is 108 cm³/mol. The van der Waals surface area contributed by atoms with Crippen LogP contribution in [0.1, 0.15) is 15.9 Å². The van der Waals surface area contributed by atoms with Crippen molar-refractivity contribution < 1.29 is 14.6 Å². The van der Waals surface area contributed by atoms with Crippen LogP contribution in [0.3, 0.4) is 0 Å². The van der Waals surface area contributed by atoms with E-state index in [1.807, 2.05) is 44.4 Å². The molecule has 0 fully saturated rings. The fourth-order valence-electron chi connectivity index (χ4n) is 2.85. The number of anilines is 1. The van der Waals surface area contributed by atoms with Crippen molar-refractivity contribution in [2.75, 3.05) is 26.1 Å². The maximum atomic E-state index is 12.3. The van der Waals surface area contributed by atoms with Crippen LogP contribution < -0.4 is 15.1 Å². The summed E-state index contributed by atoms with van der Waals surface area (Å²) in [7, 11) is 5.43. The van der Waals surface area contributed by atoms with Gasteiger partial charge in [0.15, 0.2) is 11.5 Å². The van der Waals surface area contributed by atoms with E-state index in [-0.39, 0.29) is 11.5 Å². The minimum Gasteiger partial charge on any atom is -0.504 e. The minimum absolute atomic E-state index is 0.0231. The van der Waals surface area contributed by atoms with Gasteiger partial charge in [0.2, 0.25) is 0 Å². The molecule has 27 heavy (non-hydrogen) atoms. The van der Waals surface area contributed by atoms with E-state index in [4.69, 9.17) is 4.74 Å². The van der Waals surface area contributed by atoms with Crippen LogP contribution in [0, 0.1) is 0 Å². The molecule has 0 bridgehead atoms. The Morgan fingerprint density at radius 3 is 2.56 bits per heavy atom. The summed E-state index contributed by atoms with van der Waals surface area (Å²) in [6.45, 7) is 0. The Morgan fingerprint density at radius 2 is 1.85 bits per heavy atom. The zero-order valence-electron chi connectivity index (χ0n) is 15.4. The second kappa shape index (κ2) is 7.78. The van der Waals surface area contributed by atoms with E-state index in [1.165, 1.54) is 25.3 Å². The van der Waals surface area contributed by atoms with Crippen LogP contribution in [0.2, 0.25) is 0 Å². The standard InChI is InChI=1S/C21H21N3O3/c1-24(2)18-10-8-15(16-6-4-5-7-17(16)18)13-22-23-21(26)14-9-11-19(25)20(12-14)27-3/h4-13,25H,1-3H3,(H,23,26). The Kier molecular flexibility index (Phi) is 5.26. The molecular formula is C21H21N3O3. The number of carbonyl (C=O) groups is 1. The third-order valence-corrected chi connectivity index (χ3v) is 4.23. The number of hydrogen-bond acceptors (Lipinski definition) is 5. The number of amides is 1.